The quantitative estimate of drug-likeness (QED) is 0.810. The maximum Gasteiger partial charge on any atom is 0.188 e. The van der Waals surface area contributed by atoms with E-state index in [0.717, 1.165) is 40.1 Å². The van der Waals surface area contributed by atoms with Crippen molar-refractivity contribution in [3.8, 4) is 17.0 Å². The zero-order chi connectivity index (χ0) is 15.5. The lowest BCUT2D eigenvalue weighted by Crippen LogP contribution is -2.14. The van der Waals surface area contributed by atoms with E-state index in [1.807, 2.05) is 25.1 Å². The molecule has 1 aliphatic heterocycles. The van der Waals surface area contributed by atoms with Crippen LogP contribution in [0.5, 0.6) is 5.75 Å². The summed E-state index contributed by atoms with van der Waals surface area (Å²) in [5.41, 5.74) is 4.79. The van der Waals surface area contributed by atoms with Gasteiger partial charge in [-0.05, 0) is 36.6 Å². The van der Waals surface area contributed by atoms with Crippen molar-refractivity contribution < 1.29 is 14.2 Å². The van der Waals surface area contributed by atoms with Gasteiger partial charge in [-0.2, -0.15) is 0 Å². The highest BCUT2D eigenvalue weighted by atomic mass is 35.5. The van der Waals surface area contributed by atoms with E-state index in [-0.39, 0.29) is 6.79 Å². The Bertz CT molecular complexity index is 691. The zero-order valence-electron chi connectivity index (χ0n) is 12.6. The highest BCUT2D eigenvalue weighted by molar-refractivity contribution is 6.30. The van der Waals surface area contributed by atoms with E-state index >= 15 is 0 Å². The number of methoxy groups -OCH3 is 1. The van der Waals surface area contributed by atoms with Crippen LogP contribution >= 0.6 is 11.6 Å². The van der Waals surface area contributed by atoms with Gasteiger partial charge < -0.3 is 14.2 Å². The molecule has 22 heavy (non-hydrogen) atoms. The van der Waals surface area contributed by atoms with Gasteiger partial charge in [-0.3, -0.25) is 0 Å². The molecule has 1 aromatic carbocycles. The molecule has 1 aliphatic rings. The van der Waals surface area contributed by atoms with Crippen LogP contribution in [0.4, 0.5) is 0 Å². The maximum absolute atomic E-state index is 6.15. The molecule has 2 heterocycles. The average Bonchev–Trinajstić information content (AvgIpc) is 2.54. The number of halogens is 1. The summed E-state index contributed by atoms with van der Waals surface area (Å²) >= 11 is 6.15. The van der Waals surface area contributed by atoms with Crippen LogP contribution in [0.2, 0.25) is 5.15 Å². The molecule has 3 rings (SSSR count). The Kier molecular flexibility index (Phi) is 4.57. The summed E-state index contributed by atoms with van der Waals surface area (Å²) in [6.45, 7) is 3.32. The Balaban J connectivity index is 2.11. The second-order valence-electron chi connectivity index (χ2n) is 5.15. The summed E-state index contributed by atoms with van der Waals surface area (Å²) < 4.78 is 16.2. The Hall–Kier alpha value is -1.69. The summed E-state index contributed by atoms with van der Waals surface area (Å²) in [4.78, 5) is 0. The lowest BCUT2D eigenvalue weighted by Gasteiger charge is -2.20. The van der Waals surface area contributed by atoms with E-state index in [9.17, 15) is 0 Å². The molecule has 6 heteroatoms. The van der Waals surface area contributed by atoms with Crippen LogP contribution < -0.4 is 4.74 Å². The van der Waals surface area contributed by atoms with Crippen molar-refractivity contribution in [1.29, 1.82) is 0 Å². The van der Waals surface area contributed by atoms with Crippen LogP contribution in [0.15, 0.2) is 18.2 Å². The molecule has 0 aliphatic carbocycles. The minimum Gasteiger partial charge on any atom is -0.467 e. The Morgan fingerprint density at radius 1 is 1.27 bits per heavy atom. The second kappa shape index (κ2) is 6.60. The summed E-state index contributed by atoms with van der Waals surface area (Å²) in [6, 6.07) is 5.99. The van der Waals surface area contributed by atoms with Crippen molar-refractivity contribution in [1.82, 2.24) is 10.2 Å². The van der Waals surface area contributed by atoms with Gasteiger partial charge in [0.1, 0.15) is 11.4 Å². The highest BCUT2D eigenvalue weighted by Crippen LogP contribution is 2.36. The lowest BCUT2D eigenvalue weighted by atomic mass is 9.97. The van der Waals surface area contributed by atoms with Gasteiger partial charge in [0.05, 0.1) is 13.2 Å². The number of benzene rings is 1. The largest absolute Gasteiger partial charge is 0.467 e. The first-order valence-corrected chi connectivity index (χ1v) is 7.43. The molecule has 0 atom stereocenters. The fourth-order valence-electron chi connectivity index (χ4n) is 2.53. The number of hydrogen-bond donors (Lipinski definition) is 0. The van der Waals surface area contributed by atoms with Crippen LogP contribution in [-0.4, -0.2) is 30.7 Å². The summed E-state index contributed by atoms with van der Waals surface area (Å²) in [5, 5.41) is 8.77. The highest BCUT2D eigenvalue weighted by Gasteiger charge is 2.22. The van der Waals surface area contributed by atoms with Crippen LogP contribution in [0.1, 0.15) is 16.7 Å². The fourth-order valence-corrected chi connectivity index (χ4v) is 2.74. The second-order valence-corrected chi connectivity index (χ2v) is 5.51. The smallest absolute Gasteiger partial charge is 0.188 e. The molecule has 0 N–H and O–H groups in total. The third kappa shape index (κ3) is 2.92. The predicted molar refractivity (Wildman–Crippen MR) is 83.1 cm³/mol. The summed E-state index contributed by atoms with van der Waals surface area (Å²) in [7, 11) is 1.59. The predicted octanol–water partition coefficient (Wildman–Crippen LogP) is 3.16. The van der Waals surface area contributed by atoms with Crippen molar-refractivity contribution >= 4 is 11.6 Å². The molecule has 5 nitrogen and oxygen atoms in total. The van der Waals surface area contributed by atoms with E-state index in [2.05, 4.69) is 10.2 Å². The molecule has 0 saturated heterocycles. The van der Waals surface area contributed by atoms with Gasteiger partial charge >= 0.3 is 0 Å². The third-order valence-electron chi connectivity index (χ3n) is 3.60. The van der Waals surface area contributed by atoms with Gasteiger partial charge in [-0.15, -0.1) is 10.2 Å². The van der Waals surface area contributed by atoms with E-state index in [4.69, 9.17) is 25.8 Å². The number of rotatable bonds is 4. The number of ether oxygens (including phenoxy) is 3. The minimum atomic E-state index is 0.183. The number of aryl methyl sites for hydroxylation is 1. The van der Waals surface area contributed by atoms with Gasteiger partial charge in [0.2, 0.25) is 0 Å². The number of nitrogens with zero attached hydrogens (tertiary/aromatic N) is 2. The normalized spacial score (nSPS) is 13.8. The van der Waals surface area contributed by atoms with Gasteiger partial charge in [0, 0.05) is 18.2 Å². The minimum absolute atomic E-state index is 0.183. The molecule has 2 aromatic rings. The van der Waals surface area contributed by atoms with Crippen molar-refractivity contribution in [2.75, 3.05) is 20.5 Å². The van der Waals surface area contributed by atoms with Gasteiger partial charge in [-0.25, -0.2) is 0 Å². The molecule has 1 aromatic heterocycles. The molecule has 0 fully saturated rings. The van der Waals surface area contributed by atoms with E-state index in [0.29, 0.717) is 18.4 Å². The standard InChI is InChI=1S/C16H17ClN2O3/c1-10-3-4-12(14(7-10)22-9-20-2)15-11-5-6-21-8-13(11)16(17)19-18-15/h3-4,7H,5-6,8-9H2,1-2H3. The summed E-state index contributed by atoms with van der Waals surface area (Å²) in [6.07, 6.45) is 0.761. The first-order valence-electron chi connectivity index (χ1n) is 7.05. The molecule has 0 bridgehead atoms. The topological polar surface area (TPSA) is 53.5 Å². The maximum atomic E-state index is 6.15. The van der Waals surface area contributed by atoms with E-state index in [1.54, 1.807) is 7.11 Å². The molecule has 116 valence electrons. The van der Waals surface area contributed by atoms with Crippen LogP contribution in [-0.2, 0) is 22.5 Å². The van der Waals surface area contributed by atoms with Crippen LogP contribution in [0.3, 0.4) is 0 Å². The molecule has 0 unspecified atom stereocenters. The first kappa shape index (κ1) is 15.2. The van der Waals surface area contributed by atoms with E-state index < -0.39 is 0 Å². The van der Waals surface area contributed by atoms with Crippen LogP contribution in [0.25, 0.3) is 11.3 Å². The van der Waals surface area contributed by atoms with Gasteiger partial charge in [0.15, 0.2) is 11.9 Å². The first-order chi connectivity index (χ1) is 10.7. The number of aromatic nitrogens is 2. The monoisotopic (exact) mass is 320 g/mol. The van der Waals surface area contributed by atoms with Crippen LogP contribution in [0, 0.1) is 6.92 Å². The SMILES string of the molecule is COCOc1cc(C)ccc1-c1nnc(Cl)c2c1CCOC2. The molecule has 0 spiro atoms. The van der Waals surface area contributed by atoms with E-state index in [1.165, 1.54) is 0 Å². The Labute approximate surface area is 134 Å². The van der Waals surface area contributed by atoms with Crippen molar-refractivity contribution in [3.63, 3.8) is 0 Å². The zero-order valence-corrected chi connectivity index (χ0v) is 13.3. The average molecular weight is 321 g/mol. The number of fused-ring (bicyclic) bond motifs is 1. The molecular formula is C16H17ClN2O3. The fraction of sp³-hybridized carbons (Fsp3) is 0.375. The molecular weight excluding hydrogens is 304 g/mol. The van der Waals surface area contributed by atoms with Gasteiger partial charge in [0.25, 0.3) is 0 Å². The van der Waals surface area contributed by atoms with Crippen molar-refractivity contribution in [3.05, 3.63) is 40.0 Å². The summed E-state index contributed by atoms with van der Waals surface area (Å²) in [5.74, 6) is 0.729. The molecule has 0 amide bonds. The Morgan fingerprint density at radius 3 is 2.95 bits per heavy atom. The number of hydrogen-bond acceptors (Lipinski definition) is 5. The Morgan fingerprint density at radius 2 is 2.14 bits per heavy atom. The van der Waals surface area contributed by atoms with Crippen molar-refractivity contribution in [2.24, 2.45) is 0 Å². The lowest BCUT2D eigenvalue weighted by molar-refractivity contribution is 0.0514. The third-order valence-corrected chi connectivity index (χ3v) is 3.91. The molecule has 0 saturated carbocycles. The van der Waals surface area contributed by atoms with Crippen molar-refractivity contribution in [2.45, 2.75) is 20.0 Å². The molecule has 0 radical (unpaired) electrons. The van der Waals surface area contributed by atoms with Gasteiger partial charge in [-0.1, -0.05) is 17.7 Å².